The number of hydrogen-bond acceptors (Lipinski definition) is 6. The van der Waals surface area contributed by atoms with E-state index in [9.17, 15) is 9.59 Å². The molecule has 0 saturated heterocycles. The number of nitrogens with one attached hydrogen (secondary N) is 2. The fourth-order valence-electron chi connectivity index (χ4n) is 2.37. The van der Waals surface area contributed by atoms with Crippen LogP contribution in [0.4, 0.5) is 10.5 Å². The van der Waals surface area contributed by atoms with E-state index in [1.165, 1.54) is 11.6 Å². The summed E-state index contributed by atoms with van der Waals surface area (Å²) in [4.78, 5) is 23.5. The topological polar surface area (TPSA) is 117 Å². The molecule has 0 saturated carbocycles. The molecular formula is C20H21BrN2O6. The van der Waals surface area contributed by atoms with Crippen LogP contribution in [0.3, 0.4) is 0 Å². The van der Waals surface area contributed by atoms with Crippen LogP contribution in [0.25, 0.3) is 0 Å². The van der Waals surface area contributed by atoms with Gasteiger partial charge in [0, 0.05) is 22.7 Å². The van der Waals surface area contributed by atoms with Crippen LogP contribution < -0.4 is 15.5 Å². The Hall–Kier alpha value is -2.88. The van der Waals surface area contributed by atoms with Gasteiger partial charge in [-0.3, -0.25) is 15.3 Å². The number of hydrogen-bond donors (Lipinski definition) is 4. The molecule has 154 valence electrons. The van der Waals surface area contributed by atoms with Crippen LogP contribution in [0.1, 0.15) is 18.1 Å². The van der Waals surface area contributed by atoms with Gasteiger partial charge in [0.25, 0.3) is 5.91 Å². The highest BCUT2D eigenvalue weighted by Crippen LogP contribution is 2.26. The Balaban J connectivity index is 2.13. The van der Waals surface area contributed by atoms with Crippen molar-refractivity contribution in [3.8, 4) is 5.75 Å². The first-order valence-electron chi connectivity index (χ1n) is 8.69. The molecule has 0 radical (unpaired) electrons. The van der Waals surface area contributed by atoms with E-state index < -0.39 is 18.1 Å². The number of aliphatic hydroxyl groups is 1. The van der Waals surface area contributed by atoms with E-state index in [1.807, 2.05) is 0 Å². The van der Waals surface area contributed by atoms with Gasteiger partial charge in [0.2, 0.25) is 0 Å². The van der Waals surface area contributed by atoms with Gasteiger partial charge in [0.05, 0.1) is 6.61 Å². The molecule has 2 rings (SSSR count). The lowest BCUT2D eigenvalue weighted by Crippen LogP contribution is -2.18. The third-order valence-electron chi connectivity index (χ3n) is 3.66. The highest BCUT2D eigenvalue weighted by molar-refractivity contribution is 9.10. The van der Waals surface area contributed by atoms with Crippen molar-refractivity contribution in [2.24, 2.45) is 0 Å². The Morgan fingerprint density at radius 2 is 1.93 bits per heavy atom. The zero-order valence-corrected chi connectivity index (χ0v) is 17.0. The molecule has 0 aliphatic rings. The first-order chi connectivity index (χ1) is 14.0. The Bertz CT molecular complexity index is 841. The molecule has 2 amide bonds. The molecule has 9 heteroatoms. The minimum absolute atomic E-state index is 0.126. The number of rotatable bonds is 9. The molecule has 0 heterocycles. The number of hydroxylamine groups is 1. The SMILES string of the molecule is O=C(/C=C/C[C@@H](OC(=O)Nc1ccc(Br)cc1)c1cccc(OCCO)c1)NO. The van der Waals surface area contributed by atoms with Crippen molar-refractivity contribution in [3.05, 3.63) is 70.7 Å². The van der Waals surface area contributed by atoms with E-state index >= 15 is 0 Å². The first kappa shape index (κ1) is 22.4. The maximum atomic E-state index is 12.3. The molecule has 2 aromatic rings. The number of amides is 2. The van der Waals surface area contributed by atoms with Crippen molar-refractivity contribution in [1.82, 2.24) is 5.48 Å². The van der Waals surface area contributed by atoms with E-state index in [0.29, 0.717) is 17.0 Å². The molecule has 0 aromatic heterocycles. The van der Waals surface area contributed by atoms with Crippen molar-refractivity contribution < 1.29 is 29.4 Å². The predicted molar refractivity (Wildman–Crippen MR) is 110 cm³/mol. The third kappa shape index (κ3) is 7.94. The normalized spacial score (nSPS) is 11.7. The quantitative estimate of drug-likeness (QED) is 0.256. The Morgan fingerprint density at radius 1 is 1.17 bits per heavy atom. The number of halogens is 1. The zero-order valence-electron chi connectivity index (χ0n) is 15.4. The molecule has 8 nitrogen and oxygen atoms in total. The zero-order chi connectivity index (χ0) is 21.1. The fourth-order valence-corrected chi connectivity index (χ4v) is 2.63. The standard InChI is InChI=1S/C20H21BrN2O6/c21-15-7-9-16(10-8-15)22-20(26)29-18(5-2-6-19(25)23-27)14-3-1-4-17(13-14)28-12-11-24/h1-4,6-10,13,18,24,27H,5,11-12H2,(H,22,26)(H,23,25)/b6-2+/t18-/m1/s1. The maximum absolute atomic E-state index is 12.3. The lowest BCUT2D eigenvalue weighted by Gasteiger charge is -2.18. The van der Waals surface area contributed by atoms with Crippen LogP contribution in [-0.2, 0) is 9.53 Å². The maximum Gasteiger partial charge on any atom is 0.412 e. The molecule has 0 unspecified atom stereocenters. The molecule has 0 bridgehead atoms. The summed E-state index contributed by atoms with van der Waals surface area (Å²) in [5, 5.41) is 20.1. The van der Waals surface area contributed by atoms with E-state index in [1.54, 1.807) is 48.5 Å². The molecule has 0 aliphatic heterocycles. The van der Waals surface area contributed by atoms with E-state index in [-0.39, 0.29) is 19.6 Å². The van der Waals surface area contributed by atoms with Crippen LogP contribution in [-0.4, -0.2) is 35.5 Å². The van der Waals surface area contributed by atoms with Crippen LogP contribution in [0.15, 0.2) is 65.2 Å². The minimum Gasteiger partial charge on any atom is -0.491 e. The Morgan fingerprint density at radius 3 is 2.62 bits per heavy atom. The second-order valence-corrected chi connectivity index (χ2v) is 6.70. The minimum atomic E-state index is -0.717. The molecule has 2 aromatic carbocycles. The molecule has 1 atom stereocenters. The summed E-state index contributed by atoms with van der Waals surface area (Å²) in [6, 6.07) is 13.9. The van der Waals surface area contributed by atoms with Crippen molar-refractivity contribution in [2.45, 2.75) is 12.5 Å². The second-order valence-electron chi connectivity index (χ2n) is 5.78. The van der Waals surface area contributed by atoms with E-state index in [2.05, 4.69) is 21.2 Å². The lowest BCUT2D eigenvalue weighted by atomic mass is 10.1. The summed E-state index contributed by atoms with van der Waals surface area (Å²) >= 11 is 3.32. The van der Waals surface area contributed by atoms with Gasteiger partial charge >= 0.3 is 6.09 Å². The van der Waals surface area contributed by atoms with Crippen LogP contribution >= 0.6 is 15.9 Å². The highest BCUT2D eigenvalue weighted by atomic mass is 79.9. The summed E-state index contributed by atoms with van der Waals surface area (Å²) < 4.78 is 11.8. The predicted octanol–water partition coefficient (Wildman–Crippen LogP) is 3.56. The molecule has 0 aliphatic carbocycles. The van der Waals surface area contributed by atoms with Gasteiger partial charge < -0.3 is 14.6 Å². The summed E-state index contributed by atoms with van der Waals surface area (Å²) in [5.41, 5.74) is 2.70. The number of benzene rings is 2. The van der Waals surface area contributed by atoms with Crippen molar-refractivity contribution in [1.29, 1.82) is 0 Å². The van der Waals surface area contributed by atoms with Gasteiger partial charge in [-0.1, -0.05) is 34.1 Å². The second kappa shape index (κ2) is 11.8. The number of ether oxygens (including phenoxy) is 2. The van der Waals surface area contributed by atoms with E-state index in [0.717, 1.165) is 10.5 Å². The van der Waals surface area contributed by atoms with Crippen LogP contribution in [0, 0.1) is 0 Å². The number of aliphatic hydroxyl groups excluding tert-OH is 1. The molecule has 29 heavy (non-hydrogen) atoms. The van der Waals surface area contributed by atoms with Gasteiger partial charge in [-0.25, -0.2) is 10.3 Å². The molecule has 4 N–H and O–H groups in total. The van der Waals surface area contributed by atoms with Gasteiger partial charge in [-0.05, 0) is 42.0 Å². The number of anilines is 1. The molecule has 0 fully saturated rings. The monoisotopic (exact) mass is 464 g/mol. The van der Waals surface area contributed by atoms with Gasteiger partial charge in [-0.15, -0.1) is 0 Å². The lowest BCUT2D eigenvalue weighted by molar-refractivity contribution is -0.124. The fraction of sp³-hybridized carbons (Fsp3) is 0.200. The Kier molecular flexibility index (Phi) is 9.16. The molecular weight excluding hydrogens is 444 g/mol. The first-order valence-corrected chi connectivity index (χ1v) is 9.48. The third-order valence-corrected chi connectivity index (χ3v) is 4.19. The van der Waals surface area contributed by atoms with Crippen LogP contribution in [0.2, 0.25) is 0 Å². The van der Waals surface area contributed by atoms with Crippen molar-refractivity contribution >= 4 is 33.6 Å². The largest absolute Gasteiger partial charge is 0.491 e. The van der Waals surface area contributed by atoms with Gasteiger partial charge in [-0.2, -0.15) is 0 Å². The van der Waals surface area contributed by atoms with Gasteiger partial charge in [0.15, 0.2) is 0 Å². The average Bonchev–Trinajstić information content (AvgIpc) is 2.73. The van der Waals surface area contributed by atoms with E-state index in [4.69, 9.17) is 19.8 Å². The van der Waals surface area contributed by atoms with Crippen molar-refractivity contribution in [3.63, 3.8) is 0 Å². The molecule has 0 spiro atoms. The smallest absolute Gasteiger partial charge is 0.412 e. The summed E-state index contributed by atoms with van der Waals surface area (Å²) in [6.45, 7) is 0.00830. The number of carbonyl (C=O) groups excluding carboxylic acids is 2. The average molecular weight is 465 g/mol. The summed E-state index contributed by atoms with van der Waals surface area (Å²) in [5.74, 6) is -0.182. The van der Waals surface area contributed by atoms with Crippen molar-refractivity contribution in [2.75, 3.05) is 18.5 Å². The highest BCUT2D eigenvalue weighted by Gasteiger charge is 2.17. The summed E-state index contributed by atoms with van der Waals surface area (Å²) in [7, 11) is 0. The number of carbonyl (C=O) groups is 2. The Labute approximate surface area is 176 Å². The summed E-state index contributed by atoms with van der Waals surface area (Å²) in [6.07, 6.45) is 1.41. The van der Waals surface area contributed by atoms with Gasteiger partial charge in [0.1, 0.15) is 18.5 Å². The van der Waals surface area contributed by atoms with Crippen LogP contribution in [0.5, 0.6) is 5.75 Å².